The number of carbonyl (C=O) groups is 1. The Morgan fingerprint density at radius 3 is 2.68 bits per heavy atom. The first-order valence-corrected chi connectivity index (χ1v) is 5.77. The van der Waals surface area contributed by atoms with E-state index in [1.54, 1.807) is 0 Å². The summed E-state index contributed by atoms with van der Waals surface area (Å²) in [6, 6.07) is 1.86. The van der Waals surface area contributed by atoms with Gasteiger partial charge in [0.15, 0.2) is 11.6 Å². The maximum Gasteiger partial charge on any atom is 0.411 e. The molecule has 0 fully saturated rings. The summed E-state index contributed by atoms with van der Waals surface area (Å²) in [5.74, 6) is -1.50. The molecule has 1 aliphatic heterocycles. The smallest absolute Gasteiger partial charge is 0.411 e. The normalized spacial score (nSPS) is 12.2. The number of hydrogen-bond acceptors (Lipinski definition) is 3. The minimum Gasteiger partial charge on any atom is -0.484 e. The number of fused-ring (bicyclic) bond motifs is 1. The van der Waals surface area contributed by atoms with Crippen molar-refractivity contribution in [3.8, 4) is 5.75 Å². The number of carbonyl (C=O) groups excluding carboxylic acids is 1. The van der Waals surface area contributed by atoms with Gasteiger partial charge in [-0.3, -0.25) is 5.32 Å². The maximum absolute atomic E-state index is 13.3. The maximum atomic E-state index is 13.3. The summed E-state index contributed by atoms with van der Waals surface area (Å²) in [7, 11) is 1.22. The first-order valence-electron chi connectivity index (χ1n) is 5.77. The molecular formula is C13H15F2NO3. The number of amides is 1. The summed E-state index contributed by atoms with van der Waals surface area (Å²) in [6.45, 7) is 3.99. The van der Waals surface area contributed by atoms with Crippen LogP contribution in [0.4, 0.5) is 13.6 Å². The number of nitrogens with one attached hydrogen (secondary N) is 1. The van der Waals surface area contributed by atoms with Crippen molar-refractivity contribution in [1.82, 2.24) is 5.32 Å². The monoisotopic (exact) mass is 271 g/mol. The van der Waals surface area contributed by atoms with E-state index in [1.807, 2.05) is 13.8 Å². The number of ether oxygens (including phenoxy) is 2. The van der Waals surface area contributed by atoms with Gasteiger partial charge in [-0.05, 0) is 12.1 Å². The van der Waals surface area contributed by atoms with E-state index in [4.69, 9.17) is 4.74 Å². The molecule has 19 heavy (non-hydrogen) atoms. The van der Waals surface area contributed by atoms with Gasteiger partial charge in [0.05, 0.1) is 12.8 Å². The molecule has 0 aromatic heterocycles. The highest BCUT2D eigenvalue weighted by Crippen LogP contribution is 2.29. The van der Waals surface area contributed by atoms with Gasteiger partial charge in [-0.15, -0.1) is 0 Å². The molecule has 1 aliphatic rings. The van der Waals surface area contributed by atoms with Gasteiger partial charge in [-0.25, -0.2) is 13.6 Å². The van der Waals surface area contributed by atoms with Crippen LogP contribution in [0.25, 0.3) is 6.08 Å². The SMILES string of the molecule is CC.COC(=O)NC1=Cc2cc(F)cc(F)c2OC1. The van der Waals surface area contributed by atoms with E-state index < -0.39 is 17.7 Å². The van der Waals surface area contributed by atoms with E-state index >= 15 is 0 Å². The van der Waals surface area contributed by atoms with Crippen LogP contribution in [0.1, 0.15) is 19.4 Å². The predicted octanol–water partition coefficient (Wildman–Crippen LogP) is 3.08. The van der Waals surface area contributed by atoms with Crippen molar-refractivity contribution < 1.29 is 23.0 Å². The van der Waals surface area contributed by atoms with Gasteiger partial charge < -0.3 is 9.47 Å². The van der Waals surface area contributed by atoms with Crippen LogP contribution in [0, 0.1) is 11.6 Å². The number of rotatable bonds is 1. The van der Waals surface area contributed by atoms with Crippen LogP contribution in [0.3, 0.4) is 0 Å². The minimum absolute atomic E-state index is 0.00927. The molecule has 2 rings (SSSR count). The molecule has 0 bridgehead atoms. The summed E-state index contributed by atoms with van der Waals surface area (Å²) in [5, 5.41) is 2.38. The Balaban J connectivity index is 0.000000861. The van der Waals surface area contributed by atoms with E-state index in [0.717, 1.165) is 12.1 Å². The number of hydrogen-bond donors (Lipinski definition) is 1. The first kappa shape index (κ1) is 14.9. The molecule has 1 N–H and O–H groups in total. The molecule has 1 aromatic rings. The molecule has 0 radical (unpaired) electrons. The summed E-state index contributed by atoms with van der Waals surface area (Å²) in [4.78, 5) is 10.9. The Morgan fingerprint density at radius 1 is 1.37 bits per heavy atom. The minimum atomic E-state index is -0.770. The zero-order valence-electron chi connectivity index (χ0n) is 10.9. The highest BCUT2D eigenvalue weighted by molar-refractivity contribution is 5.73. The molecule has 0 atom stereocenters. The highest BCUT2D eigenvalue weighted by Gasteiger charge is 2.18. The second-order valence-electron chi connectivity index (χ2n) is 3.38. The lowest BCUT2D eigenvalue weighted by Crippen LogP contribution is -2.27. The lowest BCUT2D eigenvalue weighted by molar-refractivity contribution is 0.172. The Morgan fingerprint density at radius 2 is 2.05 bits per heavy atom. The van der Waals surface area contributed by atoms with E-state index in [9.17, 15) is 13.6 Å². The van der Waals surface area contributed by atoms with E-state index in [1.165, 1.54) is 13.2 Å². The van der Waals surface area contributed by atoms with Gasteiger partial charge in [0.2, 0.25) is 0 Å². The van der Waals surface area contributed by atoms with Gasteiger partial charge in [-0.2, -0.15) is 0 Å². The van der Waals surface area contributed by atoms with Crippen LogP contribution in [0.15, 0.2) is 17.8 Å². The molecule has 104 valence electrons. The van der Waals surface area contributed by atoms with E-state index in [-0.39, 0.29) is 17.9 Å². The number of benzene rings is 1. The topological polar surface area (TPSA) is 47.6 Å². The Hall–Kier alpha value is -2.11. The van der Waals surface area contributed by atoms with Crippen molar-refractivity contribution >= 4 is 12.2 Å². The molecule has 0 unspecified atom stereocenters. The number of halogens is 2. The van der Waals surface area contributed by atoms with Crippen LogP contribution in [-0.4, -0.2) is 19.8 Å². The zero-order valence-corrected chi connectivity index (χ0v) is 10.9. The van der Waals surface area contributed by atoms with Crippen molar-refractivity contribution in [1.29, 1.82) is 0 Å². The standard InChI is InChI=1S/C11H9F2NO3.C2H6/c1-16-11(15)14-8-3-6-2-7(12)4-9(13)10(6)17-5-8;1-2/h2-4H,5H2,1H3,(H,14,15);1-2H3. The molecule has 4 nitrogen and oxygen atoms in total. The molecular weight excluding hydrogens is 256 g/mol. The molecule has 0 aliphatic carbocycles. The van der Waals surface area contributed by atoms with Crippen LogP contribution in [-0.2, 0) is 4.74 Å². The number of methoxy groups -OCH3 is 1. The lowest BCUT2D eigenvalue weighted by atomic mass is 10.1. The quantitative estimate of drug-likeness (QED) is 0.853. The third-order valence-electron chi connectivity index (χ3n) is 2.19. The average Bonchev–Trinajstić information content (AvgIpc) is 2.40. The summed E-state index contributed by atoms with van der Waals surface area (Å²) in [6.07, 6.45) is 0.766. The van der Waals surface area contributed by atoms with Crippen molar-refractivity contribution in [2.75, 3.05) is 13.7 Å². The van der Waals surface area contributed by atoms with E-state index in [2.05, 4.69) is 10.1 Å². The molecule has 1 aromatic carbocycles. The Kier molecular flexibility index (Phi) is 5.29. The van der Waals surface area contributed by atoms with Crippen LogP contribution >= 0.6 is 0 Å². The fraction of sp³-hybridized carbons (Fsp3) is 0.308. The zero-order chi connectivity index (χ0) is 14.4. The van der Waals surface area contributed by atoms with Crippen molar-refractivity contribution in [2.45, 2.75) is 13.8 Å². The number of alkyl carbamates (subject to hydrolysis) is 1. The molecule has 0 spiro atoms. The third kappa shape index (κ3) is 3.67. The average molecular weight is 271 g/mol. The predicted molar refractivity (Wildman–Crippen MR) is 66.7 cm³/mol. The van der Waals surface area contributed by atoms with E-state index in [0.29, 0.717) is 5.70 Å². The van der Waals surface area contributed by atoms with Gasteiger partial charge in [-0.1, -0.05) is 13.8 Å². The van der Waals surface area contributed by atoms with Crippen molar-refractivity contribution in [3.63, 3.8) is 0 Å². The third-order valence-corrected chi connectivity index (χ3v) is 2.19. The van der Waals surface area contributed by atoms with Crippen molar-refractivity contribution in [2.24, 2.45) is 0 Å². The molecule has 0 saturated carbocycles. The van der Waals surface area contributed by atoms with Gasteiger partial charge in [0, 0.05) is 11.6 Å². The van der Waals surface area contributed by atoms with Crippen LogP contribution < -0.4 is 10.1 Å². The summed E-state index contributed by atoms with van der Waals surface area (Å²) >= 11 is 0. The van der Waals surface area contributed by atoms with Gasteiger partial charge in [0.25, 0.3) is 0 Å². The first-order chi connectivity index (χ1) is 9.10. The Labute approximate surface area is 110 Å². The van der Waals surface area contributed by atoms with Crippen LogP contribution in [0.5, 0.6) is 5.75 Å². The highest BCUT2D eigenvalue weighted by atomic mass is 19.1. The molecule has 0 saturated heterocycles. The molecule has 1 amide bonds. The molecule has 1 heterocycles. The van der Waals surface area contributed by atoms with Gasteiger partial charge in [0.1, 0.15) is 12.4 Å². The second kappa shape index (κ2) is 6.72. The largest absolute Gasteiger partial charge is 0.484 e. The summed E-state index contributed by atoms with van der Waals surface area (Å²) in [5.41, 5.74) is 0.606. The fourth-order valence-corrected chi connectivity index (χ4v) is 1.47. The summed E-state index contributed by atoms with van der Waals surface area (Å²) < 4.78 is 35.7. The second-order valence-corrected chi connectivity index (χ2v) is 3.38. The van der Waals surface area contributed by atoms with Crippen molar-refractivity contribution in [3.05, 3.63) is 35.0 Å². The van der Waals surface area contributed by atoms with Crippen LogP contribution in [0.2, 0.25) is 0 Å². The Bertz CT molecular complexity index is 501. The van der Waals surface area contributed by atoms with Gasteiger partial charge >= 0.3 is 6.09 Å². The molecule has 6 heteroatoms. The lowest BCUT2D eigenvalue weighted by Gasteiger charge is -2.18. The fourth-order valence-electron chi connectivity index (χ4n) is 1.47.